The molecule has 1 fully saturated rings. The van der Waals surface area contributed by atoms with Gasteiger partial charge in [-0.15, -0.1) is 0 Å². The minimum atomic E-state index is -0.245. The molecule has 0 radical (unpaired) electrons. The summed E-state index contributed by atoms with van der Waals surface area (Å²) >= 11 is 11.9. The lowest BCUT2D eigenvalue weighted by molar-refractivity contribution is 0.0679. The zero-order chi connectivity index (χ0) is 16.9. The molecule has 0 saturated carbocycles. The molecule has 24 heavy (non-hydrogen) atoms. The van der Waals surface area contributed by atoms with Crippen molar-refractivity contribution in [2.45, 2.75) is 18.9 Å². The quantitative estimate of drug-likeness (QED) is 0.827. The Kier molecular flexibility index (Phi) is 5.61. The third-order valence-corrected chi connectivity index (χ3v) is 4.30. The van der Waals surface area contributed by atoms with Gasteiger partial charge in [-0.1, -0.05) is 23.2 Å². The predicted octanol–water partition coefficient (Wildman–Crippen LogP) is 4.80. The number of benzene rings is 2. The van der Waals surface area contributed by atoms with E-state index in [4.69, 9.17) is 32.7 Å². The topological polar surface area (TPSA) is 47.6 Å². The average Bonchev–Trinajstić information content (AvgIpc) is 3.09. The standard InChI is InChI=1S/C18H17Cl2NO3/c19-13-5-8-17(16(20)10-13)21-18(22)12-3-6-14(7-4-12)24-11-15-2-1-9-23-15/h3-8,10,15H,1-2,9,11H2,(H,21,22). The van der Waals surface area contributed by atoms with Crippen LogP contribution in [0.4, 0.5) is 5.69 Å². The molecular weight excluding hydrogens is 349 g/mol. The van der Waals surface area contributed by atoms with E-state index in [1.807, 2.05) is 0 Å². The fourth-order valence-corrected chi connectivity index (χ4v) is 2.91. The van der Waals surface area contributed by atoms with Crippen molar-refractivity contribution in [1.29, 1.82) is 0 Å². The molecule has 3 rings (SSSR count). The third kappa shape index (κ3) is 4.41. The van der Waals surface area contributed by atoms with Crippen LogP contribution in [0.1, 0.15) is 23.2 Å². The Balaban J connectivity index is 1.58. The Hall–Kier alpha value is -1.75. The number of carbonyl (C=O) groups excluding carboxylic acids is 1. The Bertz CT molecular complexity index is 713. The number of carbonyl (C=O) groups is 1. The van der Waals surface area contributed by atoms with Crippen molar-refractivity contribution in [2.75, 3.05) is 18.5 Å². The van der Waals surface area contributed by atoms with Gasteiger partial charge in [0.05, 0.1) is 16.8 Å². The largest absolute Gasteiger partial charge is 0.491 e. The van der Waals surface area contributed by atoms with Crippen molar-refractivity contribution in [3.8, 4) is 5.75 Å². The van der Waals surface area contributed by atoms with Gasteiger partial charge in [0, 0.05) is 17.2 Å². The summed E-state index contributed by atoms with van der Waals surface area (Å²) in [7, 11) is 0. The number of hydrogen-bond acceptors (Lipinski definition) is 3. The minimum absolute atomic E-state index is 0.167. The van der Waals surface area contributed by atoms with Crippen molar-refractivity contribution in [3.05, 3.63) is 58.1 Å². The molecule has 1 amide bonds. The van der Waals surface area contributed by atoms with Gasteiger partial charge >= 0.3 is 0 Å². The van der Waals surface area contributed by atoms with E-state index in [0.717, 1.165) is 19.4 Å². The number of nitrogens with one attached hydrogen (secondary N) is 1. The summed E-state index contributed by atoms with van der Waals surface area (Å²) in [5.41, 5.74) is 1.04. The molecule has 1 saturated heterocycles. The van der Waals surface area contributed by atoms with Gasteiger partial charge in [-0.05, 0) is 55.3 Å². The first-order valence-electron chi connectivity index (χ1n) is 7.73. The smallest absolute Gasteiger partial charge is 0.255 e. The molecule has 2 aromatic rings. The molecule has 0 bridgehead atoms. The molecule has 6 heteroatoms. The molecule has 0 aromatic heterocycles. The molecule has 126 valence electrons. The molecule has 4 nitrogen and oxygen atoms in total. The van der Waals surface area contributed by atoms with E-state index in [2.05, 4.69) is 5.32 Å². The van der Waals surface area contributed by atoms with Gasteiger partial charge in [-0.25, -0.2) is 0 Å². The zero-order valence-electron chi connectivity index (χ0n) is 12.9. The first-order valence-corrected chi connectivity index (χ1v) is 8.48. The maximum atomic E-state index is 12.3. The summed E-state index contributed by atoms with van der Waals surface area (Å²) in [6.45, 7) is 1.34. The van der Waals surface area contributed by atoms with Crippen molar-refractivity contribution >= 4 is 34.8 Å². The Morgan fingerprint density at radius 2 is 2.00 bits per heavy atom. The molecule has 0 spiro atoms. The summed E-state index contributed by atoms with van der Waals surface area (Å²) in [4.78, 5) is 12.3. The lowest BCUT2D eigenvalue weighted by Crippen LogP contribution is -2.16. The normalized spacial score (nSPS) is 16.8. The van der Waals surface area contributed by atoms with Crippen LogP contribution in [0.3, 0.4) is 0 Å². The average molecular weight is 366 g/mol. The number of ether oxygens (including phenoxy) is 2. The van der Waals surface area contributed by atoms with Gasteiger partial charge in [0.2, 0.25) is 0 Å². The summed E-state index contributed by atoms with van der Waals surface area (Å²) in [5, 5.41) is 3.67. The van der Waals surface area contributed by atoms with Crippen LogP contribution in [-0.4, -0.2) is 25.2 Å². The van der Waals surface area contributed by atoms with Crippen molar-refractivity contribution in [1.82, 2.24) is 0 Å². The van der Waals surface area contributed by atoms with Crippen molar-refractivity contribution in [2.24, 2.45) is 0 Å². The van der Waals surface area contributed by atoms with Crippen LogP contribution in [-0.2, 0) is 4.74 Å². The molecule has 2 aromatic carbocycles. The summed E-state index contributed by atoms with van der Waals surface area (Å²) in [6.07, 6.45) is 2.28. The second-order valence-corrected chi connectivity index (χ2v) is 6.39. The highest BCUT2D eigenvalue weighted by Gasteiger charge is 2.16. The first-order chi connectivity index (χ1) is 11.6. The van der Waals surface area contributed by atoms with Gasteiger partial charge < -0.3 is 14.8 Å². The zero-order valence-corrected chi connectivity index (χ0v) is 14.4. The Morgan fingerprint density at radius 3 is 2.67 bits per heavy atom. The van der Waals surface area contributed by atoms with Gasteiger partial charge in [-0.3, -0.25) is 4.79 Å². The maximum absolute atomic E-state index is 12.3. The van der Waals surface area contributed by atoms with E-state index in [9.17, 15) is 4.79 Å². The number of rotatable bonds is 5. The van der Waals surface area contributed by atoms with E-state index >= 15 is 0 Å². The van der Waals surface area contributed by atoms with Crippen LogP contribution in [0.25, 0.3) is 0 Å². The van der Waals surface area contributed by atoms with E-state index in [1.165, 1.54) is 0 Å². The third-order valence-electron chi connectivity index (χ3n) is 3.76. The van der Waals surface area contributed by atoms with Crippen molar-refractivity contribution in [3.63, 3.8) is 0 Å². The fourth-order valence-electron chi connectivity index (χ4n) is 2.45. The lowest BCUT2D eigenvalue weighted by Gasteiger charge is -2.12. The monoisotopic (exact) mass is 365 g/mol. The van der Waals surface area contributed by atoms with Crippen LogP contribution < -0.4 is 10.1 Å². The van der Waals surface area contributed by atoms with Crippen LogP contribution in [0, 0.1) is 0 Å². The van der Waals surface area contributed by atoms with Crippen LogP contribution in [0.5, 0.6) is 5.75 Å². The summed E-state index contributed by atoms with van der Waals surface area (Å²) < 4.78 is 11.2. The Labute approximate surface area is 150 Å². The number of anilines is 1. The molecule has 1 N–H and O–H groups in total. The minimum Gasteiger partial charge on any atom is -0.491 e. The second-order valence-electron chi connectivity index (χ2n) is 5.55. The summed E-state index contributed by atoms with van der Waals surface area (Å²) in [6, 6.07) is 11.9. The van der Waals surface area contributed by atoms with Crippen LogP contribution in [0.15, 0.2) is 42.5 Å². The number of halogens is 2. The maximum Gasteiger partial charge on any atom is 0.255 e. The first kappa shape index (κ1) is 17.1. The molecule has 1 aliphatic rings. The molecule has 1 unspecified atom stereocenters. The highest BCUT2D eigenvalue weighted by atomic mass is 35.5. The lowest BCUT2D eigenvalue weighted by atomic mass is 10.2. The van der Waals surface area contributed by atoms with Gasteiger partial charge in [0.15, 0.2) is 0 Å². The van der Waals surface area contributed by atoms with E-state index in [0.29, 0.717) is 33.7 Å². The summed E-state index contributed by atoms with van der Waals surface area (Å²) in [5.74, 6) is 0.469. The van der Waals surface area contributed by atoms with Crippen LogP contribution >= 0.6 is 23.2 Å². The van der Waals surface area contributed by atoms with Gasteiger partial charge in [0.1, 0.15) is 12.4 Å². The van der Waals surface area contributed by atoms with Gasteiger partial charge in [0.25, 0.3) is 5.91 Å². The Morgan fingerprint density at radius 1 is 1.21 bits per heavy atom. The number of amides is 1. The molecule has 0 aliphatic carbocycles. The predicted molar refractivity (Wildman–Crippen MR) is 95.3 cm³/mol. The van der Waals surface area contributed by atoms with Crippen molar-refractivity contribution < 1.29 is 14.3 Å². The number of hydrogen-bond donors (Lipinski definition) is 1. The second kappa shape index (κ2) is 7.88. The van der Waals surface area contributed by atoms with E-state index in [-0.39, 0.29) is 12.0 Å². The highest BCUT2D eigenvalue weighted by Crippen LogP contribution is 2.26. The molecule has 1 heterocycles. The molecule has 1 aliphatic heterocycles. The van der Waals surface area contributed by atoms with E-state index in [1.54, 1.807) is 42.5 Å². The SMILES string of the molecule is O=C(Nc1ccc(Cl)cc1Cl)c1ccc(OCC2CCCO2)cc1. The fraction of sp³-hybridized carbons (Fsp3) is 0.278. The molecule has 1 atom stereocenters. The van der Waals surface area contributed by atoms with Gasteiger partial charge in [-0.2, -0.15) is 0 Å². The highest BCUT2D eigenvalue weighted by molar-refractivity contribution is 6.36. The van der Waals surface area contributed by atoms with E-state index < -0.39 is 0 Å². The molecular formula is C18H17Cl2NO3. The van der Waals surface area contributed by atoms with Crippen LogP contribution in [0.2, 0.25) is 10.0 Å².